The molecule has 0 radical (unpaired) electrons. The molecule has 78 valence electrons. The Balaban J connectivity index is 2.82. The Morgan fingerprint density at radius 1 is 1.33 bits per heavy atom. The summed E-state index contributed by atoms with van der Waals surface area (Å²) in [7, 11) is 0. The first-order valence-electron chi connectivity index (χ1n) is 4.86. The first-order valence-corrected chi connectivity index (χ1v) is 4.86. The topological polar surface area (TPSA) is 33.1 Å². The molecule has 2 aromatic rings. The van der Waals surface area contributed by atoms with Gasteiger partial charge in [0.2, 0.25) is 0 Å². The SMILES string of the molecule is CC(C)c1c(O)cnc2cc(F)ccc12. The van der Waals surface area contributed by atoms with Gasteiger partial charge in [-0.15, -0.1) is 0 Å². The molecule has 2 rings (SSSR count). The molecule has 0 aliphatic carbocycles. The van der Waals surface area contributed by atoms with Crippen LogP contribution in [0, 0.1) is 5.82 Å². The first-order chi connectivity index (χ1) is 7.09. The first kappa shape index (κ1) is 9.90. The van der Waals surface area contributed by atoms with Crippen LogP contribution in [0.4, 0.5) is 4.39 Å². The third-order valence-corrected chi connectivity index (χ3v) is 2.43. The van der Waals surface area contributed by atoms with Crippen LogP contribution in [0.1, 0.15) is 25.3 Å². The van der Waals surface area contributed by atoms with Gasteiger partial charge in [0.05, 0.1) is 11.7 Å². The number of fused-ring (bicyclic) bond motifs is 1. The standard InChI is InChI=1S/C12H12FNO/c1-7(2)12-9-4-3-8(13)5-10(9)14-6-11(12)15/h3-7,15H,1-2H3. The number of nitrogens with zero attached hydrogens (tertiary/aromatic N) is 1. The minimum absolute atomic E-state index is 0.170. The third-order valence-electron chi connectivity index (χ3n) is 2.43. The van der Waals surface area contributed by atoms with Gasteiger partial charge >= 0.3 is 0 Å². The molecular weight excluding hydrogens is 193 g/mol. The number of halogens is 1. The molecule has 0 aliphatic heterocycles. The molecule has 0 amide bonds. The zero-order valence-electron chi connectivity index (χ0n) is 8.66. The van der Waals surface area contributed by atoms with E-state index in [1.165, 1.54) is 18.3 Å². The minimum Gasteiger partial charge on any atom is -0.506 e. The van der Waals surface area contributed by atoms with E-state index in [9.17, 15) is 9.50 Å². The van der Waals surface area contributed by atoms with Gasteiger partial charge in [0.25, 0.3) is 0 Å². The molecule has 1 heterocycles. The lowest BCUT2D eigenvalue weighted by atomic mass is 9.98. The second kappa shape index (κ2) is 3.50. The predicted octanol–water partition coefficient (Wildman–Crippen LogP) is 3.20. The maximum Gasteiger partial charge on any atom is 0.137 e. The molecule has 0 aliphatic rings. The van der Waals surface area contributed by atoms with Crippen molar-refractivity contribution in [1.29, 1.82) is 0 Å². The molecular formula is C12H12FNO. The molecule has 0 fully saturated rings. The van der Waals surface area contributed by atoms with Gasteiger partial charge in [-0.25, -0.2) is 4.39 Å². The molecule has 0 saturated carbocycles. The third kappa shape index (κ3) is 1.65. The molecule has 0 saturated heterocycles. The largest absolute Gasteiger partial charge is 0.506 e. The highest BCUT2D eigenvalue weighted by molar-refractivity contribution is 5.84. The molecule has 1 aromatic heterocycles. The van der Waals surface area contributed by atoms with Crippen molar-refractivity contribution in [2.45, 2.75) is 19.8 Å². The monoisotopic (exact) mass is 205 g/mol. The smallest absolute Gasteiger partial charge is 0.137 e. The molecule has 0 bridgehead atoms. The number of pyridine rings is 1. The second-order valence-corrected chi connectivity index (χ2v) is 3.87. The van der Waals surface area contributed by atoms with Gasteiger partial charge < -0.3 is 5.11 Å². The fourth-order valence-electron chi connectivity index (χ4n) is 1.78. The Bertz CT molecular complexity index is 508. The maximum atomic E-state index is 13.0. The molecule has 2 nitrogen and oxygen atoms in total. The van der Waals surface area contributed by atoms with E-state index in [-0.39, 0.29) is 17.5 Å². The number of rotatable bonds is 1. The van der Waals surface area contributed by atoms with Gasteiger partial charge in [0, 0.05) is 17.0 Å². The summed E-state index contributed by atoms with van der Waals surface area (Å²) in [5.74, 6) is 0.0421. The van der Waals surface area contributed by atoms with E-state index >= 15 is 0 Å². The van der Waals surface area contributed by atoms with Crippen molar-refractivity contribution in [2.24, 2.45) is 0 Å². The van der Waals surface area contributed by atoms with E-state index in [4.69, 9.17) is 0 Å². The van der Waals surface area contributed by atoms with E-state index in [0.717, 1.165) is 10.9 Å². The normalized spacial score (nSPS) is 11.2. The fraction of sp³-hybridized carbons (Fsp3) is 0.250. The predicted molar refractivity (Wildman–Crippen MR) is 57.5 cm³/mol. The second-order valence-electron chi connectivity index (χ2n) is 3.87. The number of hydrogen-bond donors (Lipinski definition) is 1. The highest BCUT2D eigenvalue weighted by Gasteiger charge is 2.11. The Morgan fingerprint density at radius 2 is 2.07 bits per heavy atom. The Kier molecular flexibility index (Phi) is 2.31. The summed E-state index contributed by atoms with van der Waals surface area (Å²) < 4.78 is 13.0. The lowest BCUT2D eigenvalue weighted by Gasteiger charge is -2.11. The average molecular weight is 205 g/mol. The summed E-state index contributed by atoms with van der Waals surface area (Å²) in [6.07, 6.45) is 1.37. The van der Waals surface area contributed by atoms with Gasteiger partial charge in [-0.05, 0) is 18.1 Å². The van der Waals surface area contributed by atoms with Crippen molar-refractivity contribution in [1.82, 2.24) is 4.98 Å². The quantitative estimate of drug-likeness (QED) is 0.775. The van der Waals surface area contributed by atoms with Crippen LogP contribution in [0.3, 0.4) is 0 Å². The van der Waals surface area contributed by atoms with Crippen LogP contribution >= 0.6 is 0 Å². The summed E-state index contributed by atoms with van der Waals surface area (Å²) in [5, 5.41) is 10.5. The maximum absolute atomic E-state index is 13.0. The van der Waals surface area contributed by atoms with Crippen molar-refractivity contribution < 1.29 is 9.50 Å². The zero-order chi connectivity index (χ0) is 11.0. The zero-order valence-corrected chi connectivity index (χ0v) is 8.66. The van der Waals surface area contributed by atoms with E-state index in [0.29, 0.717) is 5.52 Å². The van der Waals surface area contributed by atoms with Gasteiger partial charge in [0.15, 0.2) is 0 Å². The average Bonchev–Trinajstić information content (AvgIpc) is 2.17. The molecule has 0 atom stereocenters. The fourth-order valence-corrected chi connectivity index (χ4v) is 1.78. The Labute approximate surface area is 87.4 Å². The summed E-state index contributed by atoms with van der Waals surface area (Å²) in [4.78, 5) is 3.99. The molecule has 1 aromatic carbocycles. The lowest BCUT2D eigenvalue weighted by Crippen LogP contribution is -1.93. The van der Waals surface area contributed by atoms with Crippen LogP contribution < -0.4 is 0 Å². The van der Waals surface area contributed by atoms with E-state index in [1.54, 1.807) is 6.07 Å². The number of aromatic nitrogens is 1. The molecule has 0 spiro atoms. The minimum atomic E-state index is -0.310. The van der Waals surface area contributed by atoms with Gasteiger partial charge in [-0.3, -0.25) is 4.98 Å². The summed E-state index contributed by atoms with van der Waals surface area (Å²) in [5.41, 5.74) is 1.40. The molecule has 3 heteroatoms. The molecule has 0 unspecified atom stereocenters. The Morgan fingerprint density at radius 3 is 2.73 bits per heavy atom. The summed E-state index contributed by atoms with van der Waals surface area (Å²) >= 11 is 0. The number of hydrogen-bond acceptors (Lipinski definition) is 2. The van der Waals surface area contributed by atoms with Crippen LogP contribution in [0.25, 0.3) is 10.9 Å². The van der Waals surface area contributed by atoms with Gasteiger partial charge in [0.1, 0.15) is 11.6 Å². The summed E-state index contributed by atoms with van der Waals surface area (Å²) in [6.45, 7) is 3.97. The lowest BCUT2D eigenvalue weighted by molar-refractivity contribution is 0.464. The van der Waals surface area contributed by atoms with E-state index in [2.05, 4.69) is 4.98 Å². The number of aromatic hydroxyl groups is 1. The highest BCUT2D eigenvalue weighted by Crippen LogP contribution is 2.31. The van der Waals surface area contributed by atoms with E-state index < -0.39 is 0 Å². The van der Waals surface area contributed by atoms with Crippen LogP contribution in [-0.2, 0) is 0 Å². The van der Waals surface area contributed by atoms with Crippen molar-refractivity contribution in [3.05, 3.63) is 35.8 Å². The highest BCUT2D eigenvalue weighted by atomic mass is 19.1. The summed E-state index contributed by atoms with van der Waals surface area (Å²) in [6, 6.07) is 4.42. The van der Waals surface area contributed by atoms with Crippen molar-refractivity contribution in [3.63, 3.8) is 0 Å². The van der Waals surface area contributed by atoms with Gasteiger partial charge in [-0.2, -0.15) is 0 Å². The molecule has 15 heavy (non-hydrogen) atoms. The molecule has 1 N–H and O–H groups in total. The van der Waals surface area contributed by atoms with Crippen LogP contribution in [0.15, 0.2) is 24.4 Å². The van der Waals surface area contributed by atoms with Crippen molar-refractivity contribution in [2.75, 3.05) is 0 Å². The van der Waals surface area contributed by atoms with E-state index in [1.807, 2.05) is 13.8 Å². The van der Waals surface area contributed by atoms with Gasteiger partial charge in [-0.1, -0.05) is 13.8 Å². The van der Waals surface area contributed by atoms with Crippen molar-refractivity contribution >= 4 is 10.9 Å². The van der Waals surface area contributed by atoms with Crippen LogP contribution in [0.2, 0.25) is 0 Å². The van der Waals surface area contributed by atoms with Crippen LogP contribution in [-0.4, -0.2) is 10.1 Å². The van der Waals surface area contributed by atoms with Crippen LogP contribution in [0.5, 0.6) is 5.75 Å². The Hall–Kier alpha value is -1.64. The van der Waals surface area contributed by atoms with Crippen molar-refractivity contribution in [3.8, 4) is 5.75 Å². The number of benzene rings is 1.